The number of hydrogen-bond acceptors (Lipinski definition) is 3. The van der Waals surface area contributed by atoms with E-state index in [1.165, 1.54) is 0 Å². The molecule has 82 valence electrons. The number of anilines is 2. The second-order valence-corrected chi connectivity index (χ2v) is 3.39. The summed E-state index contributed by atoms with van der Waals surface area (Å²) in [5.74, 6) is 0. The molecule has 0 aliphatic heterocycles. The van der Waals surface area contributed by atoms with Crippen LogP contribution in [0.3, 0.4) is 0 Å². The minimum absolute atomic E-state index is 0.442. The van der Waals surface area contributed by atoms with Crippen molar-refractivity contribution in [2.75, 3.05) is 24.1 Å². The number of carbonyl (C=O) groups is 1. The van der Waals surface area contributed by atoms with Crippen molar-refractivity contribution < 1.29 is 4.79 Å². The molecule has 0 bridgehead atoms. The van der Waals surface area contributed by atoms with Crippen molar-refractivity contribution in [3.63, 3.8) is 0 Å². The second-order valence-electron chi connectivity index (χ2n) is 2.95. The van der Waals surface area contributed by atoms with Crippen LogP contribution in [0.1, 0.15) is 0 Å². The zero-order chi connectivity index (χ0) is 11.3. The summed E-state index contributed by atoms with van der Waals surface area (Å²) in [6.07, 6.45) is 0. The zero-order valence-corrected chi connectivity index (χ0v) is 8.84. The highest BCUT2D eigenvalue weighted by molar-refractivity contribution is 6.31. The van der Waals surface area contributed by atoms with Gasteiger partial charge in [0.2, 0.25) is 0 Å². The Bertz CT molecular complexity index is 356. The maximum Gasteiger partial charge on any atom is 0.312 e. The first-order valence-corrected chi connectivity index (χ1v) is 4.79. The van der Waals surface area contributed by atoms with E-state index >= 15 is 0 Å². The van der Waals surface area contributed by atoms with Crippen LogP contribution in [0, 0.1) is 0 Å². The number of hydrogen-bond donors (Lipinski definition) is 4. The average Bonchev–Trinajstić information content (AvgIpc) is 2.14. The molecular weight excluding hydrogens is 216 g/mol. The third-order valence-corrected chi connectivity index (χ3v) is 1.99. The molecule has 0 saturated heterocycles. The van der Waals surface area contributed by atoms with Gasteiger partial charge in [-0.05, 0) is 18.2 Å². The molecule has 0 fully saturated rings. The molecule has 6 N–H and O–H groups in total. The van der Waals surface area contributed by atoms with Gasteiger partial charge in [0.25, 0.3) is 0 Å². The predicted octanol–water partition coefficient (Wildman–Crippen LogP) is 1.00. The van der Waals surface area contributed by atoms with Crippen LogP contribution < -0.4 is 22.1 Å². The van der Waals surface area contributed by atoms with E-state index in [-0.39, 0.29) is 0 Å². The maximum atomic E-state index is 10.4. The third kappa shape index (κ3) is 3.95. The van der Waals surface area contributed by atoms with E-state index in [0.29, 0.717) is 23.8 Å². The summed E-state index contributed by atoms with van der Waals surface area (Å²) in [6.45, 7) is 0.992. The molecule has 0 aromatic heterocycles. The summed E-state index contributed by atoms with van der Waals surface area (Å²) >= 11 is 5.74. The van der Waals surface area contributed by atoms with Crippen LogP contribution in [0.5, 0.6) is 0 Å². The lowest BCUT2D eigenvalue weighted by Gasteiger charge is -2.09. The third-order valence-electron chi connectivity index (χ3n) is 1.75. The first kappa shape index (κ1) is 11.5. The number of nitrogens with two attached hydrogens (primary N) is 2. The monoisotopic (exact) mass is 228 g/mol. The van der Waals surface area contributed by atoms with Crippen molar-refractivity contribution in [1.82, 2.24) is 5.32 Å². The minimum atomic E-state index is -0.541. The Balaban J connectivity index is 2.40. The summed E-state index contributed by atoms with van der Waals surface area (Å²) in [5, 5.41) is 6.09. The molecule has 1 aromatic carbocycles. The number of benzene rings is 1. The Kier molecular flexibility index (Phi) is 4.05. The molecule has 0 heterocycles. The summed E-state index contributed by atoms with van der Waals surface area (Å²) < 4.78 is 0. The second kappa shape index (κ2) is 5.31. The fourth-order valence-electron chi connectivity index (χ4n) is 1.08. The smallest absolute Gasteiger partial charge is 0.312 e. The fraction of sp³-hybridized carbons (Fsp3) is 0.222. The lowest BCUT2D eigenvalue weighted by Crippen LogP contribution is -2.33. The van der Waals surface area contributed by atoms with Gasteiger partial charge in [-0.3, -0.25) is 0 Å². The van der Waals surface area contributed by atoms with Crippen LogP contribution in [0.15, 0.2) is 18.2 Å². The standard InChI is InChI=1S/C9H13ClN4O/c10-6-1-2-8(7(11)5-6)13-3-4-14-9(12)15/h1-2,5,13H,3-4,11H2,(H3,12,14,15). The van der Waals surface area contributed by atoms with Crippen molar-refractivity contribution in [1.29, 1.82) is 0 Å². The molecule has 2 amide bonds. The largest absolute Gasteiger partial charge is 0.397 e. The fourth-order valence-corrected chi connectivity index (χ4v) is 1.26. The van der Waals surface area contributed by atoms with Crippen LogP contribution in [0.2, 0.25) is 5.02 Å². The van der Waals surface area contributed by atoms with Gasteiger partial charge >= 0.3 is 6.03 Å². The number of primary amides is 1. The molecule has 0 unspecified atom stereocenters. The van der Waals surface area contributed by atoms with Gasteiger partial charge in [-0.2, -0.15) is 0 Å². The highest BCUT2D eigenvalue weighted by Crippen LogP contribution is 2.21. The first-order chi connectivity index (χ1) is 7.09. The molecule has 0 aliphatic carbocycles. The Morgan fingerprint density at radius 1 is 1.40 bits per heavy atom. The Morgan fingerprint density at radius 2 is 2.13 bits per heavy atom. The van der Waals surface area contributed by atoms with E-state index in [2.05, 4.69) is 10.6 Å². The van der Waals surface area contributed by atoms with Crippen molar-refractivity contribution >= 4 is 29.0 Å². The minimum Gasteiger partial charge on any atom is -0.397 e. The number of urea groups is 1. The van der Waals surface area contributed by atoms with Crippen LogP contribution in [0.4, 0.5) is 16.2 Å². The van der Waals surface area contributed by atoms with Crippen LogP contribution >= 0.6 is 11.6 Å². The molecule has 5 nitrogen and oxygen atoms in total. The topological polar surface area (TPSA) is 93.2 Å². The maximum absolute atomic E-state index is 10.4. The van der Waals surface area contributed by atoms with Gasteiger partial charge < -0.3 is 22.1 Å². The van der Waals surface area contributed by atoms with Gasteiger partial charge in [0.15, 0.2) is 0 Å². The molecule has 0 atom stereocenters. The van der Waals surface area contributed by atoms with Crippen molar-refractivity contribution in [2.45, 2.75) is 0 Å². The predicted molar refractivity (Wildman–Crippen MR) is 61.9 cm³/mol. The molecule has 0 spiro atoms. The van der Waals surface area contributed by atoms with Crippen LogP contribution in [-0.2, 0) is 0 Å². The van der Waals surface area contributed by atoms with E-state index in [1.807, 2.05) is 0 Å². The quantitative estimate of drug-likeness (QED) is 0.458. The number of amides is 2. The van der Waals surface area contributed by atoms with Gasteiger partial charge in [-0.25, -0.2) is 4.79 Å². The van der Waals surface area contributed by atoms with E-state index in [0.717, 1.165) is 5.69 Å². The normalized spacial score (nSPS) is 9.67. The van der Waals surface area contributed by atoms with Crippen molar-refractivity contribution in [2.24, 2.45) is 5.73 Å². The summed E-state index contributed by atoms with van der Waals surface area (Å²) in [7, 11) is 0. The van der Waals surface area contributed by atoms with Crippen molar-refractivity contribution in [3.8, 4) is 0 Å². The van der Waals surface area contributed by atoms with Gasteiger partial charge in [0.05, 0.1) is 11.4 Å². The number of nitrogens with one attached hydrogen (secondary N) is 2. The highest BCUT2D eigenvalue weighted by atomic mass is 35.5. The lowest BCUT2D eigenvalue weighted by molar-refractivity contribution is 0.249. The highest BCUT2D eigenvalue weighted by Gasteiger charge is 1.98. The average molecular weight is 229 g/mol. The van der Waals surface area contributed by atoms with Crippen LogP contribution in [-0.4, -0.2) is 19.1 Å². The Morgan fingerprint density at radius 3 is 2.73 bits per heavy atom. The van der Waals surface area contributed by atoms with E-state index < -0.39 is 6.03 Å². The molecule has 0 radical (unpaired) electrons. The molecular formula is C9H13ClN4O. The summed E-state index contributed by atoms with van der Waals surface area (Å²) in [5.41, 5.74) is 12.0. The number of carbonyl (C=O) groups excluding carboxylic acids is 1. The lowest BCUT2D eigenvalue weighted by atomic mass is 10.2. The molecule has 15 heavy (non-hydrogen) atoms. The van der Waals surface area contributed by atoms with E-state index in [4.69, 9.17) is 23.1 Å². The van der Waals surface area contributed by atoms with Crippen molar-refractivity contribution in [3.05, 3.63) is 23.2 Å². The SMILES string of the molecule is NC(=O)NCCNc1ccc(Cl)cc1N. The number of nitrogen functional groups attached to an aromatic ring is 1. The first-order valence-electron chi connectivity index (χ1n) is 4.42. The molecule has 1 aromatic rings. The van der Waals surface area contributed by atoms with E-state index in [1.54, 1.807) is 18.2 Å². The Hall–Kier alpha value is -1.62. The summed E-state index contributed by atoms with van der Waals surface area (Å²) in [6, 6.07) is 4.63. The van der Waals surface area contributed by atoms with Gasteiger partial charge in [0, 0.05) is 18.1 Å². The summed E-state index contributed by atoms with van der Waals surface area (Å²) in [4.78, 5) is 10.4. The molecule has 1 rings (SSSR count). The Labute approximate surface area is 92.8 Å². The number of halogens is 1. The van der Waals surface area contributed by atoms with Crippen LogP contribution in [0.25, 0.3) is 0 Å². The van der Waals surface area contributed by atoms with Gasteiger partial charge in [-0.15, -0.1) is 0 Å². The molecule has 0 saturated carbocycles. The molecule has 6 heteroatoms. The van der Waals surface area contributed by atoms with E-state index in [9.17, 15) is 4.79 Å². The van der Waals surface area contributed by atoms with Gasteiger partial charge in [0.1, 0.15) is 0 Å². The van der Waals surface area contributed by atoms with Gasteiger partial charge in [-0.1, -0.05) is 11.6 Å². The number of rotatable bonds is 4. The molecule has 0 aliphatic rings. The zero-order valence-electron chi connectivity index (χ0n) is 8.09.